The van der Waals surface area contributed by atoms with E-state index in [1.165, 1.54) is 12.1 Å². The van der Waals surface area contributed by atoms with Gasteiger partial charge < -0.3 is 9.64 Å². The van der Waals surface area contributed by atoms with Crippen molar-refractivity contribution < 1.29 is 9.53 Å². The van der Waals surface area contributed by atoms with E-state index >= 15 is 0 Å². The first-order valence-electron chi connectivity index (χ1n) is 10.8. The molecule has 1 aliphatic heterocycles. The summed E-state index contributed by atoms with van der Waals surface area (Å²) < 4.78 is 6.73. The second kappa shape index (κ2) is 9.85. The molecule has 1 amide bonds. The fourth-order valence-corrected chi connectivity index (χ4v) is 4.43. The molecule has 5 rings (SSSR count). The van der Waals surface area contributed by atoms with E-state index in [-0.39, 0.29) is 27.4 Å². The molecule has 37 heavy (non-hydrogen) atoms. The quantitative estimate of drug-likeness (QED) is 0.410. The largest absolute Gasteiger partial charge is 0.454 e. The number of nitriles is 1. The molecule has 0 unspecified atom stereocenters. The Morgan fingerprint density at radius 3 is 2.59 bits per heavy atom. The SMILES string of the molecule is N#Cc1nn(-c2cc(Cl)c(Oc3ccc4c(c3)CCN(Cc3cccnn3)C4=O)c(Cl)c2)c(=O)[nH]c1=O. The number of nitrogens with zero attached hydrogens (tertiary/aromatic N) is 6. The number of rotatable bonds is 5. The van der Waals surface area contributed by atoms with Crippen molar-refractivity contribution in [2.24, 2.45) is 0 Å². The number of hydrogen-bond acceptors (Lipinski definition) is 8. The lowest BCUT2D eigenvalue weighted by Gasteiger charge is -2.28. The first-order valence-corrected chi connectivity index (χ1v) is 11.6. The standard InChI is InChI=1S/C24H15Cl2N7O4/c25-18-9-15(33-24(36)29-22(34)20(11-27)31-33)10-19(26)21(18)37-16-3-4-17-13(8-16)5-7-32(23(17)35)12-14-2-1-6-28-30-14/h1-4,6,8-10H,5,7,12H2,(H,29,34,36). The van der Waals surface area contributed by atoms with Gasteiger partial charge in [-0.25, -0.2) is 4.79 Å². The third-order valence-electron chi connectivity index (χ3n) is 5.61. The minimum atomic E-state index is -0.899. The van der Waals surface area contributed by atoms with E-state index in [9.17, 15) is 14.4 Å². The third kappa shape index (κ3) is 4.80. The van der Waals surface area contributed by atoms with Crippen molar-refractivity contribution in [1.82, 2.24) is 29.9 Å². The molecule has 1 aliphatic rings. The second-order valence-corrected chi connectivity index (χ2v) is 8.80. The van der Waals surface area contributed by atoms with Crippen molar-refractivity contribution in [2.75, 3.05) is 6.54 Å². The van der Waals surface area contributed by atoms with Crippen LogP contribution in [-0.2, 0) is 13.0 Å². The summed E-state index contributed by atoms with van der Waals surface area (Å²) in [5.41, 5.74) is -0.0525. The predicted molar refractivity (Wildman–Crippen MR) is 132 cm³/mol. The number of ether oxygens (including phenoxy) is 1. The molecule has 0 bridgehead atoms. The van der Waals surface area contributed by atoms with E-state index < -0.39 is 16.9 Å². The van der Waals surface area contributed by atoms with Gasteiger partial charge in [0.05, 0.1) is 28.0 Å². The van der Waals surface area contributed by atoms with E-state index in [1.807, 2.05) is 11.1 Å². The Morgan fingerprint density at radius 1 is 1.11 bits per heavy atom. The number of benzene rings is 2. The van der Waals surface area contributed by atoms with Crippen molar-refractivity contribution >= 4 is 29.1 Å². The first kappa shape index (κ1) is 24.2. The van der Waals surface area contributed by atoms with E-state index in [4.69, 9.17) is 33.2 Å². The number of hydrogen-bond donors (Lipinski definition) is 1. The fraction of sp³-hybridized carbons (Fsp3) is 0.125. The van der Waals surface area contributed by atoms with Crippen LogP contribution in [0.4, 0.5) is 0 Å². The van der Waals surface area contributed by atoms with Gasteiger partial charge in [-0.2, -0.15) is 20.1 Å². The Balaban J connectivity index is 1.39. The van der Waals surface area contributed by atoms with Gasteiger partial charge in [-0.15, -0.1) is 5.10 Å². The normalized spacial score (nSPS) is 12.7. The van der Waals surface area contributed by atoms with Gasteiger partial charge in [0.1, 0.15) is 11.8 Å². The lowest BCUT2D eigenvalue weighted by atomic mass is 9.98. The molecule has 0 saturated carbocycles. The van der Waals surface area contributed by atoms with Gasteiger partial charge in [0.15, 0.2) is 5.75 Å². The van der Waals surface area contributed by atoms with Crippen LogP contribution in [0, 0.1) is 11.3 Å². The van der Waals surface area contributed by atoms with Crippen LogP contribution in [-0.4, -0.2) is 42.3 Å². The minimum Gasteiger partial charge on any atom is -0.454 e. The summed E-state index contributed by atoms with van der Waals surface area (Å²) in [6.07, 6.45) is 2.19. The molecule has 0 aliphatic carbocycles. The van der Waals surface area contributed by atoms with Crippen molar-refractivity contribution in [1.29, 1.82) is 5.26 Å². The van der Waals surface area contributed by atoms with Crippen LogP contribution in [0.3, 0.4) is 0 Å². The number of amides is 1. The Kier molecular flexibility index (Phi) is 6.43. The van der Waals surface area contributed by atoms with Crippen LogP contribution in [0.2, 0.25) is 10.0 Å². The average molecular weight is 536 g/mol. The summed E-state index contributed by atoms with van der Waals surface area (Å²) in [5.74, 6) is 0.419. The van der Waals surface area contributed by atoms with Crippen molar-refractivity contribution in [3.8, 4) is 23.3 Å². The lowest BCUT2D eigenvalue weighted by Crippen LogP contribution is -2.37. The Morgan fingerprint density at radius 2 is 1.89 bits per heavy atom. The monoisotopic (exact) mass is 535 g/mol. The van der Waals surface area contributed by atoms with Gasteiger partial charge in [0, 0.05) is 18.3 Å². The van der Waals surface area contributed by atoms with Gasteiger partial charge in [-0.3, -0.25) is 14.6 Å². The number of aromatic nitrogens is 5. The second-order valence-electron chi connectivity index (χ2n) is 7.98. The molecule has 4 aromatic rings. The highest BCUT2D eigenvalue weighted by atomic mass is 35.5. The lowest BCUT2D eigenvalue weighted by molar-refractivity contribution is 0.0724. The highest BCUT2D eigenvalue weighted by molar-refractivity contribution is 6.37. The molecule has 2 aromatic carbocycles. The molecule has 11 nitrogen and oxygen atoms in total. The maximum atomic E-state index is 13.0. The molecule has 184 valence electrons. The Labute approximate surface area is 218 Å². The van der Waals surface area contributed by atoms with E-state index in [2.05, 4.69) is 15.3 Å². The number of carbonyl (C=O) groups is 1. The van der Waals surface area contributed by atoms with Gasteiger partial charge in [0.2, 0.25) is 5.69 Å². The zero-order chi connectivity index (χ0) is 26.1. The van der Waals surface area contributed by atoms with Crippen molar-refractivity contribution in [3.63, 3.8) is 0 Å². The predicted octanol–water partition coefficient (Wildman–Crippen LogP) is 2.88. The zero-order valence-electron chi connectivity index (χ0n) is 18.8. The zero-order valence-corrected chi connectivity index (χ0v) is 20.3. The van der Waals surface area contributed by atoms with E-state index in [0.29, 0.717) is 36.5 Å². The number of H-pyrrole nitrogens is 1. The van der Waals surface area contributed by atoms with Crippen molar-refractivity contribution in [3.05, 3.63) is 102 Å². The van der Waals surface area contributed by atoms with Crippen molar-refractivity contribution in [2.45, 2.75) is 13.0 Å². The van der Waals surface area contributed by atoms with Gasteiger partial charge in [-0.1, -0.05) is 23.2 Å². The summed E-state index contributed by atoms with van der Waals surface area (Å²) in [4.78, 5) is 40.5. The highest BCUT2D eigenvalue weighted by Gasteiger charge is 2.25. The maximum absolute atomic E-state index is 13.0. The van der Waals surface area contributed by atoms with Crippen LogP contribution in [0.1, 0.15) is 27.3 Å². The van der Waals surface area contributed by atoms with Gasteiger partial charge >= 0.3 is 5.69 Å². The summed E-state index contributed by atoms with van der Waals surface area (Å²) in [6.45, 7) is 0.874. The molecular formula is C24H15Cl2N7O4. The minimum absolute atomic E-state index is 0.0600. The van der Waals surface area contributed by atoms with Gasteiger partial charge in [-0.05, 0) is 54.4 Å². The number of halogens is 2. The molecular weight excluding hydrogens is 521 g/mol. The van der Waals surface area contributed by atoms with E-state index in [0.717, 1.165) is 10.2 Å². The summed E-state index contributed by atoms with van der Waals surface area (Å²) in [7, 11) is 0. The summed E-state index contributed by atoms with van der Waals surface area (Å²) >= 11 is 12.8. The molecule has 0 spiro atoms. The smallest absolute Gasteiger partial charge is 0.349 e. The summed E-state index contributed by atoms with van der Waals surface area (Å²) in [5, 5.41) is 20.8. The van der Waals surface area contributed by atoms with Crippen LogP contribution >= 0.6 is 23.2 Å². The molecule has 13 heteroatoms. The topological polar surface area (TPSA) is 147 Å². The Bertz CT molecular complexity index is 1670. The molecule has 0 atom stereocenters. The number of fused-ring (bicyclic) bond motifs is 1. The first-order chi connectivity index (χ1) is 17.8. The molecule has 0 saturated heterocycles. The third-order valence-corrected chi connectivity index (χ3v) is 6.17. The molecule has 0 radical (unpaired) electrons. The number of aromatic amines is 1. The Hall–Kier alpha value is -4.53. The summed E-state index contributed by atoms with van der Waals surface area (Å²) in [6, 6.07) is 13.0. The number of carbonyl (C=O) groups excluding carboxylic acids is 1. The highest BCUT2D eigenvalue weighted by Crippen LogP contribution is 2.38. The average Bonchev–Trinajstić information content (AvgIpc) is 2.88. The van der Waals surface area contributed by atoms with Crippen LogP contribution in [0.25, 0.3) is 5.69 Å². The fourth-order valence-electron chi connectivity index (χ4n) is 3.87. The molecule has 1 N–H and O–H groups in total. The number of nitrogens with one attached hydrogen (secondary N) is 1. The molecule has 0 fully saturated rings. The molecule has 3 heterocycles. The van der Waals surface area contributed by atoms with Crippen LogP contribution < -0.4 is 16.0 Å². The van der Waals surface area contributed by atoms with Gasteiger partial charge in [0.25, 0.3) is 11.5 Å². The maximum Gasteiger partial charge on any atom is 0.349 e. The van der Waals surface area contributed by atoms with Crippen LogP contribution in [0.5, 0.6) is 11.5 Å². The molecule has 2 aromatic heterocycles. The van der Waals surface area contributed by atoms with E-state index in [1.54, 1.807) is 41.4 Å². The van der Waals surface area contributed by atoms with Crippen LogP contribution in [0.15, 0.2) is 58.3 Å².